The minimum absolute atomic E-state index is 0.0740. The van der Waals surface area contributed by atoms with Gasteiger partial charge in [-0.25, -0.2) is 9.07 Å². The van der Waals surface area contributed by atoms with E-state index in [0.29, 0.717) is 29.0 Å². The van der Waals surface area contributed by atoms with Gasteiger partial charge < -0.3 is 11.2 Å². The summed E-state index contributed by atoms with van der Waals surface area (Å²) in [6, 6.07) is 5.82. The first kappa shape index (κ1) is 17.3. The van der Waals surface area contributed by atoms with Gasteiger partial charge in [-0.2, -0.15) is 0 Å². The summed E-state index contributed by atoms with van der Waals surface area (Å²) in [4.78, 5) is 12.0. The largest absolute Gasteiger partial charge is 0.355 e. The zero-order valence-corrected chi connectivity index (χ0v) is 14.1. The lowest BCUT2D eigenvalue weighted by Crippen LogP contribution is -2.33. The normalized spacial score (nSPS) is 12.4. The van der Waals surface area contributed by atoms with Crippen molar-refractivity contribution in [1.29, 1.82) is 0 Å². The molecule has 8 heteroatoms. The van der Waals surface area contributed by atoms with Crippen molar-refractivity contribution in [3.8, 4) is 11.4 Å². The molecule has 0 bridgehead atoms. The summed E-state index contributed by atoms with van der Waals surface area (Å²) >= 11 is 1.23. The second kappa shape index (κ2) is 7.45. The molecule has 6 nitrogen and oxygen atoms in total. The van der Waals surface area contributed by atoms with Gasteiger partial charge in [0.05, 0.1) is 5.25 Å². The Morgan fingerprint density at radius 3 is 2.57 bits per heavy atom. The first-order chi connectivity index (χ1) is 10.9. The van der Waals surface area contributed by atoms with E-state index in [4.69, 9.17) is 5.84 Å². The Bertz CT molecular complexity index is 671. The Morgan fingerprint density at radius 1 is 1.30 bits per heavy atom. The van der Waals surface area contributed by atoms with Crippen molar-refractivity contribution in [3.05, 3.63) is 30.1 Å². The topological polar surface area (TPSA) is 85.8 Å². The summed E-state index contributed by atoms with van der Waals surface area (Å²) in [7, 11) is 0. The van der Waals surface area contributed by atoms with Crippen LogP contribution in [0.4, 0.5) is 4.39 Å². The molecule has 0 aliphatic heterocycles. The summed E-state index contributed by atoms with van der Waals surface area (Å²) in [5.41, 5.74) is 0.658. The van der Waals surface area contributed by atoms with Gasteiger partial charge in [0.25, 0.3) is 0 Å². The second-order valence-corrected chi connectivity index (χ2v) is 6.89. The molecule has 1 unspecified atom stereocenters. The minimum atomic E-state index is -0.346. The molecule has 0 saturated heterocycles. The molecular formula is C15H20FN5OS. The monoisotopic (exact) mass is 337 g/mol. The van der Waals surface area contributed by atoms with Crippen LogP contribution in [0, 0.1) is 11.7 Å². The van der Waals surface area contributed by atoms with Crippen LogP contribution in [0.15, 0.2) is 29.4 Å². The van der Waals surface area contributed by atoms with Gasteiger partial charge in [0, 0.05) is 12.1 Å². The molecule has 23 heavy (non-hydrogen) atoms. The average molecular weight is 337 g/mol. The van der Waals surface area contributed by atoms with Gasteiger partial charge in [-0.3, -0.25) is 4.79 Å². The Hall–Kier alpha value is -2.09. The SMILES string of the molecule is CC(C)CNC(=O)C(C)Sc1nnc(-c2ccc(F)cc2)n1N. The molecule has 1 amide bonds. The van der Waals surface area contributed by atoms with Crippen molar-refractivity contribution in [1.82, 2.24) is 20.2 Å². The number of amides is 1. The number of nitrogens with two attached hydrogens (primary N) is 1. The van der Waals surface area contributed by atoms with E-state index in [0.717, 1.165) is 0 Å². The molecule has 1 aromatic heterocycles. The van der Waals surface area contributed by atoms with Crippen LogP contribution in [0.25, 0.3) is 11.4 Å². The second-order valence-electron chi connectivity index (χ2n) is 5.58. The van der Waals surface area contributed by atoms with Crippen LogP contribution < -0.4 is 11.2 Å². The zero-order chi connectivity index (χ0) is 17.0. The molecule has 0 aliphatic rings. The molecule has 124 valence electrons. The van der Waals surface area contributed by atoms with Crippen LogP contribution in [0.3, 0.4) is 0 Å². The summed E-state index contributed by atoms with van der Waals surface area (Å²) in [6.45, 7) is 6.47. The Morgan fingerprint density at radius 2 is 1.96 bits per heavy atom. The molecule has 0 fully saturated rings. The maximum atomic E-state index is 13.0. The van der Waals surface area contributed by atoms with Crippen LogP contribution in [0.5, 0.6) is 0 Å². The number of hydrogen-bond acceptors (Lipinski definition) is 5. The molecule has 0 aliphatic carbocycles. The maximum Gasteiger partial charge on any atom is 0.233 e. The average Bonchev–Trinajstić information content (AvgIpc) is 2.86. The van der Waals surface area contributed by atoms with E-state index >= 15 is 0 Å². The molecule has 2 aromatic rings. The van der Waals surface area contributed by atoms with Crippen molar-refractivity contribution >= 4 is 17.7 Å². The highest BCUT2D eigenvalue weighted by molar-refractivity contribution is 8.00. The third kappa shape index (κ3) is 4.44. The van der Waals surface area contributed by atoms with Crippen LogP contribution in [0.2, 0.25) is 0 Å². The smallest absolute Gasteiger partial charge is 0.233 e. The van der Waals surface area contributed by atoms with Crippen LogP contribution in [-0.4, -0.2) is 32.6 Å². The molecule has 1 aromatic carbocycles. The van der Waals surface area contributed by atoms with Crippen LogP contribution in [-0.2, 0) is 4.79 Å². The number of halogens is 1. The molecule has 0 spiro atoms. The predicted octanol–water partition coefficient (Wildman–Crippen LogP) is 2.05. The minimum Gasteiger partial charge on any atom is -0.355 e. The van der Waals surface area contributed by atoms with Gasteiger partial charge in [0.2, 0.25) is 11.1 Å². The highest BCUT2D eigenvalue weighted by atomic mass is 32.2. The Balaban J connectivity index is 2.07. The number of hydrogen-bond donors (Lipinski definition) is 2. The Kier molecular flexibility index (Phi) is 5.59. The number of carbonyl (C=O) groups excluding carboxylic acids is 1. The molecule has 2 rings (SSSR count). The fraction of sp³-hybridized carbons (Fsp3) is 0.400. The fourth-order valence-corrected chi connectivity index (χ4v) is 2.61. The number of aromatic nitrogens is 3. The van der Waals surface area contributed by atoms with Gasteiger partial charge in [-0.15, -0.1) is 10.2 Å². The summed E-state index contributed by atoms with van der Waals surface area (Å²) in [5, 5.41) is 11.0. The molecular weight excluding hydrogens is 317 g/mol. The zero-order valence-electron chi connectivity index (χ0n) is 13.3. The van der Waals surface area contributed by atoms with E-state index in [1.54, 1.807) is 19.1 Å². The lowest BCUT2D eigenvalue weighted by atomic mass is 10.2. The number of carbonyl (C=O) groups is 1. The number of nitrogen functional groups attached to an aromatic ring is 1. The maximum absolute atomic E-state index is 13.0. The lowest BCUT2D eigenvalue weighted by Gasteiger charge is -2.12. The predicted molar refractivity (Wildman–Crippen MR) is 88.7 cm³/mol. The van der Waals surface area contributed by atoms with Crippen LogP contribution >= 0.6 is 11.8 Å². The van der Waals surface area contributed by atoms with Gasteiger partial charge in [0.15, 0.2) is 5.82 Å². The summed E-state index contributed by atoms with van der Waals surface area (Å²) < 4.78 is 14.3. The third-order valence-corrected chi connectivity index (χ3v) is 4.16. The van der Waals surface area contributed by atoms with Crippen molar-refractivity contribution < 1.29 is 9.18 Å². The van der Waals surface area contributed by atoms with Gasteiger partial charge in [0.1, 0.15) is 5.82 Å². The van der Waals surface area contributed by atoms with Gasteiger partial charge in [-0.05, 0) is 37.1 Å². The summed E-state index contributed by atoms with van der Waals surface area (Å²) in [5.74, 6) is 6.39. The highest BCUT2D eigenvalue weighted by Gasteiger charge is 2.19. The van der Waals surface area contributed by atoms with Crippen molar-refractivity contribution in [2.75, 3.05) is 12.4 Å². The number of nitrogens with one attached hydrogen (secondary N) is 1. The van der Waals surface area contributed by atoms with E-state index in [9.17, 15) is 9.18 Å². The van der Waals surface area contributed by atoms with E-state index in [1.165, 1.54) is 28.6 Å². The fourth-order valence-electron chi connectivity index (χ4n) is 1.81. The van der Waals surface area contributed by atoms with E-state index in [-0.39, 0.29) is 17.0 Å². The highest BCUT2D eigenvalue weighted by Crippen LogP contribution is 2.24. The molecule has 3 N–H and O–H groups in total. The standard InChI is InChI=1S/C15H20FN5OS/c1-9(2)8-18-14(22)10(3)23-15-20-19-13(21(15)17)11-4-6-12(16)7-5-11/h4-7,9-10H,8,17H2,1-3H3,(H,18,22). The van der Waals surface area contributed by atoms with Crippen molar-refractivity contribution in [2.24, 2.45) is 5.92 Å². The first-order valence-corrected chi connectivity index (χ1v) is 8.17. The van der Waals surface area contributed by atoms with E-state index in [1.807, 2.05) is 13.8 Å². The van der Waals surface area contributed by atoms with Crippen molar-refractivity contribution in [2.45, 2.75) is 31.2 Å². The summed E-state index contributed by atoms with van der Waals surface area (Å²) in [6.07, 6.45) is 0. The van der Waals surface area contributed by atoms with Gasteiger partial charge in [-0.1, -0.05) is 25.6 Å². The number of nitrogens with zero attached hydrogens (tertiary/aromatic N) is 3. The molecule has 1 heterocycles. The number of thioether (sulfide) groups is 1. The number of benzene rings is 1. The third-order valence-electron chi connectivity index (χ3n) is 3.10. The van der Waals surface area contributed by atoms with Gasteiger partial charge >= 0.3 is 0 Å². The molecule has 1 atom stereocenters. The first-order valence-electron chi connectivity index (χ1n) is 7.29. The lowest BCUT2D eigenvalue weighted by molar-refractivity contribution is -0.120. The quantitative estimate of drug-likeness (QED) is 0.622. The number of rotatable bonds is 6. The molecule has 0 radical (unpaired) electrons. The van der Waals surface area contributed by atoms with Crippen molar-refractivity contribution in [3.63, 3.8) is 0 Å². The van der Waals surface area contributed by atoms with E-state index in [2.05, 4.69) is 15.5 Å². The molecule has 0 saturated carbocycles. The van der Waals surface area contributed by atoms with E-state index < -0.39 is 0 Å². The van der Waals surface area contributed by atoms with Crippen LogP contribution in [0.1, 0.15) is 20.8 Å². The Labute approximate surface area is 138 Å².